The van der Waals surface area contributed by atoms with Gasteiger partial charge in [-0.25, -0.2) is 15.0 Å². The number of aromatic nitrogens is 4. The Morgan fingerprint density at radius 1 is 0.756 bits per heavy atom. The average molecular weight is 591 g/mol. The highest BCUT2D eigenvalue weighted by molar-refractivity contribution is 6.29. The van der Waals surface area contributed by atoms with Gasteiger partial charge in [0.2, 0.25) is 11.4 Å². The van der Waals surface area contributed by atoms with Crippen molar-refractivity contribution >= 4 is 34.8 Å². The molecule has 0 aliphatic heterocycles. The third kappa shape index (κ3) is 5.42. The largest absolute Gasteiger partial charge is 0.481 e. The maximum atomic E-state index is 12.9. The van der Waals surface area contributed by atoms with E-state index in [1.54, 1.807) is 55.9 Å². The number of aryl methyl sites for hydroxylation is 2. The van der Waals surface area contributed by atoms with Crippen LogP contribution in [0.1, 0.15) is 69.9 Å². The molecule has 4 heterocycles. The molecule has 0 amide bonds. The number of nitrogens with zero attached hydrogens (tertiary/aromatic N) is 3. The zero-order chi connectivity index (χ0) is 29.4. The highest BCUT2D eigenvalue weighted by Crippen LogP contribution is 2.39. The van der Waals surface area contributed by atoms with Crippen LogP contribution in [-0.2, 0) is 23.7 Å². The topological polar surface area (TPSA) is 115 Å². The minimum atomic E-state index is -0.632. The summed E-state index contributed by atoms with van der Waals surface area (Å²) in [6.45, 7) is 3.86. The van der Waals surface area contributed by atoms with Crippen LogP contribution in [0, 0.1) is 0 Å². The Bertz CT molecular complexity index is 1690. The molecule has 0 spiro atoms. The number of nitrogens with one attached hydrogen (secondary N) is 1. The number of Topliss-reactive ketones (excluding diaryl/α,β-unsaturated/α-hetero) is 2. The van der Waals surface area contributed by atoms with E-state index in [9.17, 15) is 14.4 Å². The quantitative estimate of drug-likeness (QED) is 0.303. The summed E-state index contributed by atoms with van der Waals surface area (Å²) in [5.74, 6) is 0.634. The summed E-state index contributed by atoms with van der Waals surface area (Å²) in [7, 11) is 1.57. The molecule has 6 rings (SSSR count). The highest BCUT2D eigenvalue weighted by Gasteiger charge is 2.41. The van der Waals surface area contributed by atoms with Gasteiger partial charge < -0.3 is 9.72 Å². The summed E-state index contributed by atoms with van der Waals surface area (Å²) in [5, 5.41) is 0.834. The number of rotatable bonds is 3. The Labute approximate surface area is 247 Å². The molecular formula is C31H28Cl2N4O4. The molecule has 41 heavy (non-hydrogen) atoms. The summed E-state index contributed by atoms with van der Waals surface area (Å²) in [6, 6.07) is 13.6. The molecular weight excluding hydrogens is 563 g/mol. The first-order valence-electron chi connectivity index (χ1n) is 13.2. The summed E-state index contributed by atoms with van der Waals surface area (Å²) in [5.41, 5.74) is 3.15. The molecule has 0 fully saturated rings. The number of pyridine rings is 4. The maximum Gasteiger partial charge on any atom is 0.247 e. The number of carbonyl (C=O) groups excluding carboxylic acids is 2. The Morgan fingerprint density at radius 3 is 1.76 bits per heavy atom. The van der Waals surface area contributed by atoms with Crippen LogP contribution in [0.2, 0.25) is 10.3 Å². The number of aromatic amines is 1. The molecule has 0 aromatic carbocycles. The lowest BCUT2D eigenvalue weighted by molar-refractivity contribution is 0.0867. The molecule has 1 N–H and O–H groups in total. The number of carbonyl (C=O) groups is 2. The number of ketones is 2. The summed E-state index contributed by atoms with van der Waals surface area (Å²) < 4.78 is 5.07. The Morgan fingerprint density at radius 2 is 1.29 bits per heavy atom. The van der Waals surface area contributed by atoms with E-state index in [0.29, 0.717) is 46.6 Å². The number of hydrogen-bond donors (Lipinski definition) is 1. The molecule has 10 heteroatoms. The van der Waals surface area contributed by atoms with E-state index in [4.69, 9.17) is 27.9 Å². The monoisotopic (exact) mass is 590 g/mol. The predicted octanol–water partition coefficient (Wildman–Crippen LogP) is 5.74. The third-order valence-electron chi connectivity index (χ3n) is 8.10. The molecule has 210 valence electrons. The fraction of sp³-hybridized carbons (Fsp3) is 0.290. The van der Waals surface area contributed by atoms with Crippen LogP contribution < -0.4 is 10.3 Å². The van der Waals surface area contributed by atoms with Gasteiger partial charge in [0.15, 0.2) is 11.6 Å². The van der Waals surface area contributed by atoms with Crippen molar-refractivity contribution in [3.05, 3.63) is 115 Å². The molecule has 2 aliphatic rings. The number of ether oxygens (including phenoxy) is 1. The summed E-state index contributed by atoms with van der Waals surface area (Å²) >= 11 is 11.8. The molecule has 0 bridgehead atoms. The van der Waals surface area contributed by atoms with Gasteiger partial charge in [-0.3, -0.25) is 14.4 Å². The first-order valence-corrected chi connectivity index (χ1v) is 13.9. The fourth-order valence-corrected chi connectivity index (χ4v) is 5.76. The molecule has 2 aliphatic carbocycles. The van der Waals surface area contributed by atoms with Crippen molar-refractivity contribution in [3.8, 4) is 5.88 Å². The van der Waals surface area contributed by atoms with Crippen LogP contribution >= 0.6 is 23.2 Å². The molecule has 2 unspecified atom stereocenters. The molecule has 8 nitrogen and oxygen atoms in total. The second-order valence-corrected chi connectivity index (χ2v) is 11.4. The van der Waals surface area contributed by atoms with E-state index in [2.05, 4.69) is 19.9 Å². The molecule has 4 aromatic heterocycles. The second-order valence-electron chi connectivity index (χ2n) is 10.6. The number of hydrogen-bond acceptors (Lipinski definition) is 7. The second kappa shape index (κ2) is 11.2. The van der Waals surface area contributed by atoms with Gasteiger partial charge >= 0.3 is 0 Å². The molecule has 0 radical (unpaired) electrons. The van der Waals surface area contributed by atoms with Crippen molar-refractivity contribution in [3.63, 3.8) is 0 Å². The van der Waals surface area contributed by atoms with Gasteiger partial charge in [-0.2, -0.15) is 0 Å². The Hall–Kier alpha value is -3.88. The van der Waals surface area contributed by atoms with Gasteiger partial charge in [0.05, 0.1) is 29.3 Å². The summed E-state index contributed by atoms with van der Waals surface area (Å²) in [4.78, 5) is 52.1. The maximum absolute atomic E-state index is 12.9. The van der Waals surface area contributed by atoms with Gasteiger partial charge in [-0.05, 0) is 74.9 Å². The fourth-order valence-electron chi connectivity index (χ4n) is 5.43. The lowest BCUT2D eigenvalue weighted by Gasteiger charge is -2.33. The van der Waals surface area contributed by atoms with E-state index in [-0.39, 0.29) is 17.1 Å². The van der Waals surface area contributed by atoms with Crippen molar-refractivity contribution in [2.24, 2.45) is 0 Å². The highest BCUT2D eigenvalue weighted by atomic mass is 35.5. The first-order chi connectivity index (χ1) is 19.5. The van der Waals surface area contributed by atoms with Crippen molar-refractivity contribution in [2.45, 2.75) is 50.4 Å². The van der Waals surface area contributed by atoms with Crippen LogP contribution in [0.15, 0.2) is 65.7 Å². The van der Waals surface area contributed by atoms with Crippen molar-refractivity contribution < 1.29 is 14.3 Å². The van der Waals surface area contributed by atoms with E-state index < -0.39 is 10.8 Å². The van der Waals surface area contributed by atoms with Gasteiger partial charge in [-0.1, -0.05) is 35.3 Å². The van der Waals surface area contributed by atoms with Gasteiger partial charge in [0.25, 0.3) is 0 Å². The lowest BCUT2D eigenvalue weighted by atomic mass is 9.69. The Kier molecular flexibility index (Phi) is 7.81. The van der Waals surface area contributed by atoms with Crippen molar-refractivity contribution in [1.29, 1.82) is 0 Å². The zero-order valence-corrected chi connectivity index (χ0v) is 24.3. The number of halogens is 2. The average Bonchev–Trinajstić information content (AvgIpc) is 2.98. The zero-order valence-electron chi connectivity index (χ0n) is 22.8. The number of H-pyrrole nitrogens is 1. The van der Waals surface area contributed by atoms with Crippen LogP contribution in [0.25, 0.3) is 0 Å². The molecule has 0 saturated carbocycles. The Balaban J connectivity index is 0.000000165. The number of methoxy groups -OCH3 is 1. The molecule has 2 atom stereocenters. The SMILES string of the molecule is CC1(c2ccc(=O)[nH]c2)CCc2nc(Cl)ccc2C1=O.COc1ccc(C2(C)CCc3nc(Cl)ccc3C2=O)cn1. The van der Waals surface area contributed by atoms with Gasteiger partial charge in [0.1, 0.15) is 10.3 Å². The van der Waals surface area contributed by atoms with Crippen molar-refractivity contribution in [2.75, 3.05) is 7.11 Å². The van der Waals surface area contributed by atoms with E-state index in [0.717, 1.165) is 28.9 Å². The van der Waals surface area contributed by atoms with Gasteiger partial charge in [0, 0.05) is 35.7 Å². The smallest absolute Gasteiger partial charge is 0.247 e. The minimum absolute atomic E-state index is 0.0231. The van der Waals surface area contributed by atoms with Gasteiger partial charge in [-0.15, -0.1) is 0 Å². The first kappa shape index (κ1) is 28.6. The van der Waals surface area contributed by atoms with E-state index in [1.165, 1.54) is 6.07 Å². The number of fused-ring (bicyclic) bond motifs is 2. The minimum Gasteiger partial charge on any atom is -0.481 e. The van der Waals surface area contributed by atoms with Crippen LogP contribution in [0.5, 0.6) is 5.88 Å². The predicted molar refractivity (Wildman–Crippen MR) is 156 cm³/mol. The van der Waals surface area contributed by atoms with Crippen molar-refractivity contribution in [1.82, 2.24) is 19.9 Å². The third-order valence-corrected chi connectivity index (χ3v) is 8.52. The summed E-state index contributed by atoms with van der Waals surface area (Å²) in [6.07, 6.45) is 6.10. The van der Waals surface area contributed by atoms with E-state index >= 15 is 0 Å². The molecule has 4 aromatic rings. The lowest BCUT2D eigenvalue weighted by Crippen LogP contribution is -2.38. The van der Waals surface area contributed by atoms with Crippen LogP contribution in [0.3, 0.4) is 0 Å². The van der Waals surface area contributed by atoms with E-state index in [1.807, 2.05) is 19.9 Å². The normalized spacial score (nSPS) is 21.3. The van der Waals surface area contributed by atoms with Crippen LogP contribution in [0.4, 0.5) is 0 Å². The van der Waals surface area contributed by atoms with Crippen LogP contribution in [-0.4, -0.2) is 38.6 Å². The standard InChI is InChI=1S/C16H15ClN2O2.C15H13ClN2O2/c1-16(10-3-6-14(21-2)18-9-10)8-7-12-11(15(16)20)4-5-13(17)19-12;1-15(9-2-5-13(19)17-8-9)7-6-11-10(14(15)20)3-4-12(16)18-11/h3-6,9H,7-8H2,1-2H3;2-5,8H,6-7H2,1H3,(H,17,19). The molecule has 0 saturated heterocycles.